The van der Waals surface area contributed by atoms with Gasteiger partial charge in [-0.3, -0.25) is 14.9 Å². The van der Waals surface area contributed by atoms with Gasteiger partial charge in [0.1, 0.15) is 5.84 Å². The molecule has 0 saturated carbocycles. The van der Waals surface area contributed by atoms with Crippen molar-refractivity contribution >= 4 is 5.84 Å². The standard InChI is InChI=1S/C22H27N5/c1-16-8-7-14-24-21(16)17-9-5-10-18(26(17)2)22-19(11-6-13-23)27-15-4-3-12-20(27)25-22/h3-4,7-8,12,14-15,17-19,22H,5-6,9-11H2,1-2H3/t17-,18+,19?,22?/m0/s1. The molecule has 27 heavy (non-hydrogen) atoms. The second-order valence-corrected chi connectivity index (χ2v) is 7.73. The minimum Gasteiger partial charge on any atom is -0.328 e. The number of allylic oxidation sites excluding steroid dienone is 2. The van der Waals surface area contributed by atoms with Gasteiger partial charge in [0.25, 0.3) is 0 Å². The quantitative estimate of drug-likeness (QED) is 0.819. The molecule has 0 spiro atoms. The van der Waals surface area contributed by atoms with Gasteiger partial charge in [-0.1, -0.05) is 12.1 Å². The molecule has 5 nitrogen and oxygen atoms in total. The normalized spacial score (nSPS) is 30.1. The summed E-state index contributed by atoms with van der Waals surface area (Å²) in [5, 5.41) is 9.14. The number of piperidine rings is 1. The third-order valence-electron chi connectivity index (χ3n) is 6.20. The van der Waals surface area contributed by atoms with Gasteiger partial charge in [-0.05, 0) is 63.4 Å². The van der Waals surface area contributed by atoms with Crippen LogP contribution in [-0.4, -0.2) is 45.8 Å². The summed E-state index contributed by atoms with van der Waals surface area (Å²) in [6.45, 7) is 2.15. The molecule has 3 aliphatic rings. The molecule has 1 fully saturated rings. The highest BCUT2D eigenvalue weighted by atomic mass is 15.3. The van der Waals surface area contributed by atoms with Gasteiger partial charge in [0.2, 0.25) is 0 Å². The van der Waals surface area contributed by atoms with Crippen molar-refractivity contribution in [2.45, 2.75) is 63.2 Å². The summed E-state index contributed by atoms with van der Waals surface area (Å²) < 4.78 is 0. The van der Waals surface area contributed by atoms with E-state index in [4.69, 9.17) is 15.2 Å². The third kappa shape index (κ3) is 3.30. The third-order valence-corrected chi connectivity index (χ3v) is 6.20. The van der Waals surface area contributed by atoms with Crippen LogP contribution in [0.1, 0.15) is 49.4 Å². The van der Waals surface area contributed by atoms with Crippen molar-refractivity contribution in [1.29, 1.82) is 5.26 Å². The largest absolute Gasteiger partial charge is 0.328 e. The van der Waals surface area contributed by atoms with Gasteiger partial charge in [-0.2, -0.15) is 5.26 Å². The van der Waals surface area contributed by atoms with Gasteiger partial charge < -0.3 is 4.90 Å². The molecule has 4 atom stereocenters. The van der Waals surface area contributed by atoms with Crippen LogP contribution < -0.4 is 0 Å². The molecule has 0 radical (unpaired) electrons. The number of aromatic nitrogens is 1. The average molecular weight is 361 g/mol. The van der Waals surface area contributed by atoms with E-state index >= 15 is 0 Å². The Hall–Kier alpha value is -2.45. The van der Waals surface area contributed by atoms with Crippen LogP contribution in [0.5, 0.6) is 0 Å². The van der Waals surface area contributed by atoms with Gasteiger partial charge in [0.15, 0.2) is 0 Å². The first-order valence-electron chi connectivity index (χ1n) is 9.92. The van der Waals surface area contributed by atoms with E-state index in [9.17, 15) is 0 Å². The smallest absolute Gasteiger partial charge is 0.128 e. The van der Waals surface area contributed by atoms with Gasteiger partial charge in [0.05, 0.1) is 29.9 Å². The molecule has 0 aromatic carbocycles. The summed E-state index contributed by atoms with van der Waals surface area (Å²) in [5.41, 5.74) is 2.46. The summed E-state index contributed by atoms with van der Waals surface area (Å²) >= 11 is 0. The minimum atomic E-state index is 0.192. The Morgan fingerprint density at radius 3 is 3.00 bits per heavy atom. The fourth-order valence-electron chi connectivity index (χ4n) is 4.85. The summed E-state index contributed by atoms with van der Waals surface area (Å²) in [5.74, 6) is 1.04. The Labute approximate surface area is 161 Å². The maximum atomic E-state index is 9.14. The van der Waals surface area contributed by atoms with Crippen LogP contribution >= 0.6 is 0 Å². The molecular formula is C22H27N5. The lowest BCUT2D eigenvalue weighted by Crippen LogP contribution is -2.51. The predicted octanol–water partition coefficient (Wildman–Crippen LogP) is 3.75. The monoisotopic (exact) mass is 361 g/mol. The van der Waals surface area contributed by atoms with Crippen LogP contribution in [0.2, 0.25) is 0 Å². The molecule has 0 aliphatic carbocycles. The first-order chi connectivity index (χ1) is 13.2. The van der Waals surface area contributed by atoms with Crippen LogP contribution in [0.25, 0.3) is 0 Å². The Balaban J connectivity index is 1.62. The summed E-state index contributed by atoms with van der Waals surface area (Å²) in [7, 11) is 2.23. The average Bonchev–Trinajstić information content (AvgIpc) is 3.05. The number of hydrogen-bond acceptors (Lipinski definition) is 5. The number of hydrogen-bond donors (Lipinski definition) is 0. The molecule has 4 heterocycles. The van der Waals surface area contributed by atoms with Crippen molar-refractivity contribution in [3.8, 4) is 6.07 Å². The zero-order valence-corrected chi connectivity index (χ0v) is 16.1. The van der Waals surface area contributed by atoms with Crippen molar-refractivity contribution in [2.24, 2.45) is 4.99 Å². The van der Waals surface area contributed by atoms with Crippen molar-refractivity contribution in [3.05, 3.63) is 54.0 Å². The highest BCUT2D eigenvalue weighted by Crippen LogP contribution is 2.38. The lowest BCUT2D eigenvalue weighted by Gasteiger charge is -2.43. The van der Waals surface area contributed by atoms with Crippen LogP contribution in [0.4, 0.5) is 0 Å². The molecular weight excluding hydrogens is 334 g/mol. The highest BCUT2D eigenvalue weighted by molar-refractivity contribution is 5.96. The number of amidine groups is 1. The van der Waals surface area contributed by atoms with Gasteiger partial charge in [-0.15, -0.1) is 0 Å². The summed E-state index contributed by atoms with van der Waals surface area (Å²) in [6, 6.07) is 7.65. The SMILES string of the molecule is Cc1cccnc1[C@@H]1CCC[C@H](C2N=C3C=CC=CN3C2CCC#N)N1C. The zero-order chi connectivity index (χ0) is 18.8. The highest BCUT2D eigenvalue weighted by Gasteiger charge is 2.43. The fraction of sp³-hybridized carbons (Fsp3) is 0.500. The molecule has 1 aromatic heterocycles. The summed E-state index contributed by atoms with van der Waals surface area (Å²) in [4.78, 5) is 14.6. The number of aliphatic imine (C=N–C) groups is 1. The molecule has 5 heteroatoms. The molecule has 0 amide bonds. The Morgan fingerprint density at radius 2 is 2.19 bits per heavy atom. The molecule has 0 bridgehead atoms. The van der Waals surface area contributed by atoms with E-state index in [0.717, 1.165) is 25.1 Å². The Morgan fingerprint density at radius 1 is 1.30 bits per heavy atom. The number of nitrogens with zero attached hydrogens (tertiary/aromatic N) is 5. The number of aryl methyl sites for hydroxylation is 1. The lowest BCUT2D eigenvalue weighted by atomic mass is 9.85. The van der Waals surface area contributed by atoms with Crippen LogP contribution in [0.3, 0.4) is 0 Å². The molecule has 4 rings (SSSR count). The lowest BCUT2D eigenvalue weighted by molar-refractivity contribution is 0.0811. The number of likely N-dealkylation sites (tertiary alicyclic amines) is 1. The number of likely N-dealkylation sites (N-methyl/N-ethyl adjacent to an activating group) is 1. The Bertz CT molecular complexity index is 818. The van der Waals surface area contributed by atoms with E-state index in [1.807, 2.05) is 18.3 Å². The van der Waals surface area contributed by atoms with Crippen molar-refractivity contribution < 1.29 is 0 Å². The number of rotatable bonds is 4. The van der Waals surface area contributed by atoms with Crippen molar-refractivity contribution in [3.63, 3.8) is 0 Å². The zero-order valence-electron chi connectivity index (χ0n) is 16.1. The first-order valence-corrected chi connectivity index (χ1v) is 9.92. The van der Waals surface area contributed by atoms with E-state index in [0.29, 0.717) is 18.5 Å². The summed E-state index contributed by atoms with van der Waals surface area (Å²) in [6.07, 6.45) is 15.1. The second-order valence-electron chi connectivity index (χ2n) is 7.73. The Kier molecular flexibility index (Phi) is 5.09. The first kappa shape index (κ1) is 17.9. The van der Waals surface area contributed by atoms with E-state index in [1.165, 1.54) is 17.7 Å². The fourth-order valence-corrected chi connectivity index (χ4v) is 4.85. The molecule has 2 unspecified atom stereocenters. The van der Waals surface area contributed by atoms with E-state index in [-0.39, 0.29) is 12.1 Å². The molecule has 3 aliphatic heterocycles. The number of nitriles is 1. The van der Waals surface area contributed by atoms with Crippen LogP contribution in [0.15, 0.2) is 47.7 Å². The van der Waals surface area contributed by atoms with E-state index < -0.39 is 0 Å². The maximum Gasteiger partial charge on any atom is 0.128 e. The second kappa shape index (κ2) is 7.66. The molecule has 1 saturated heterocycles. The van der Waals surface area contributed by atoms with Crippen molar-refractivity contribution in [2.75, 3.05) is 7.05 Å². The topological polar surface area (TPSA) is 55.5 Å². The molecule has 140 valence electrons. The molecule has 0 N–H and O–H groups in total. The maximum absolute atomic E-state index is 9.14. The van der Waals surface area contributed by atoms with E-state index in [2.05, 4.69) is 54.3 Å². The van der Waals surface area contributed by atoms with Crippen LogP contribution in [0, 0.1) is 18.3 Å². The molecule has 1 aromatic rings. The predicted molar refractivity (Wildman–Crippen MR) is 107 cm³/mol. The van der Waals surface area contributed by atoms with Gasteiger partial charge in [0, 0.05) is 24.9 Å². The minimum absolute atomic E-state index is 0.192. The van der Waals surface area contributed by atoms with E-state index in [1.54, 1.807) is 0 Å². The number of fused-ring (bicyclic) bond motifs is 1. The van der Waals surface area contributed by atoms with Gasteiger partial charge >= 0.3 is 0 Å². The van der Waals surface area contributed by atoms with Crippen LogP contribution in [-0.2, 0) is 0 Å². The van der Waals surface area contributed by atoms with Gasteiger partial charge in [-0.25, -0.2) is 0 Å². The van der Waals surface area contributed by atoms with Crippen molar-refractivity contribution in [1.82, 2.24) is 14.8 Å². The number of pyridine rings is 1.